The molecular formula is C23H17BrN2O2S. The first-order valence-electron chi connectivity index (χ1n) is 8.96. The van der Waals surface area contributed by atoms with Crippen LogP contribution < -0.4 is 10.2 Å². The highest BCUT2D eigenvalue weighted by molar-refractivity contribution is 9.10. The van der Waals surface area contributed by atoms with E-state index in [0.717, 1.165) is 21.3 Å². The average molecular weight is 465 g/mol. The molecule has 4 nitrogen and oxygen atoms in total. The van der Waals surface area contributed by atoms with Gasteiger partial charge in [0.1, 0.15) is 12.4 Å². The maximum Gasteiger partial charge on any atom is 0.281 e. The van der Waals surface area contributed by atoms with Crippen molar-refractivity contribution in [1.29, 1.82) is 0 Å². The smallest absolute Gasteiger partial charge is 0.281 e. The second-order valence-electron chi connectivity index (χ2n) is 6.29. The number of hydrazone groups is 1. The average Bonchev–Trinajstić information content (AvgIpc) is 3.28. The first-order chi connectivity index (χ1) is 14.2. The van der Waals surface area contributed by atoms with Crippen molar-refractivity contribution in [2.45, 2.75) is 6.61 Å². The minimum Gasteiger partial charge on any atom is -0.488 e. The van der Waals surface area contributed by atoms with Crippen LogP contribution in [-0.2, 0) is 6.61 Å². The molecule has 0 unspecified atom stereocenters. The third-order valence-electron chi connectivity index (χ3n) is 4.34. The van der Waals surface area contributed by atoms with E-state index in [1.54, 1.807) is 12.3 Å². The molecule has 29 heavy (non-hydrogen) atoms. The predicted octanol–water partition coefficient (Wildman–Crippen LogP) is 6.01. The Hall–Kier alpha value is -2.96. The molecule has 1 heterocycles. The minimum absolute atomic E-state index is 0.217. The van der Waals surface area contributed by atoms with Crippen LogP contribution in [0.5, 0.6) is 5.75 Å². The van der Waals surface area contributed by atoms with E-state index in [0.29, 0.717) is 11.5 Å². The third-order valence-corrected chi connectivity index (χ3v) is 5.83. The predicted molar refractivity (Wildman–Crippen MR) is 122 cm³/mol. The maximum absolute atomic E-state index is 11.9. The van der Waals surface area contributed by atoms with Gasteiger partial charge in [-0.25, -0.2) is 5.43 Å². The summed E-state index contributed by atoms with van der Waals surface area (Å²) in [6.45, 7) is 0.476. The molecule has 0 saturated carbocycles. The zero-order valence-electron chi connectivity index (χ0n) is 15.3. The van der Waals surface area contributed by atoms with Gasteiger partial charge < -0.3 is 4.74 Å². The topological polar surface area (TPSA) is 50.7 Å². The van der Waals surface area contributed by atoms with Gasteiger partial charge in [0.2, 0.25) is 0 Å². The largest absolute Gasteiger partial charge is 0.488 e. The van der Waals surface area contributed by atoms with E-state index in [1.165, 1.54) is 22.1 Å². The van der Waals surface area contributed by atoms with Crippen LogP contribution in [-0.4, -0.2) is 12.1 Å². The summed E-state index contributed by atoms with van der Waals surface area (Å²) >= 11 is 4.93. The molecule has 1 aromatic heterocycles. The van der Waals surface area contributed by atoms with E-state index in [4.69, 9.17) is 4.74 Å². The van der Waals surface area contributed by atoms with E-state index >= 15 is 0 Å². The third kappa shape index (κ3) is 4.72. The summed E-state index contributed by atoms with van der Waals surface area (Å²) in [6.07, 6.45) is 1.60. The molecule has 4 rings (SSSR count). The van der Waals surface area contributed by atoms with E-state index in [2.05, 4.69) is 50.7 Å². The number of thiophene rings is 1. The van der Waals surface area contributed by atoms with Crippen LogP contribution in [0.15, 0.2) is 87.8 Å². The Morgan fingerprint density at radius 1 is 1.07 bits per heavy atom. The van der Waals surface area contributed by atoms with Gasteiger partial charge >= 0.3 is 0 Å². The Morgan fingerprint density at radius 2 is 1.93 bits per heavy atom. The number of fused-ring (bicyclic) bond motifs is 1. The van der Waals surface area contributed by atoms with Crippen LogP contribution in [0.2, 0.25) is 0 Å². The van der Waals surface area contributed by atoms with Crippen LogP contribution in [0.1, 0.15) is 20.8 Å². The highest BCUT2D eigenvalue weighted by atomic mass is 79.9. The number of rotatable bonds is 6. The molecule has 0 fully saturated rings. The fraction of sp³-hybridized carbons (Fsp3) is 0.0435. The number of hydrogen-bond donors (Lipinski definition) is 1. The van der Waals surface area contributed by atoms with E-state index in [1.807, 2.05) is 47.8 Å². The zero-order chi connectivity index (χ0) is 20.1. The van der Waals surface area contributed by atoms with Crippen LogP contribution in [0.25, 0.3) is 10.8 Å². The lowest BCUT2D eigenvalue weighted by molar-refractivity contribution is 0.0959. The van der Waals surface area contributed by atoms with Gasteiger partial charge in [-0.05, 0) is 67.5 Å². The summed E-state index contributed by atoms with van der Waals surface area (Å²) < 4.78 is 6.84. The van der Waals surface area contributed by atoms with Crippen molar-refractivity contribution in [2.75, 3.05) is 0 Å². The van der Waals surface area contributed by atoms with Gasteiger partial charge in [-0.15, -0.1) is 11.3 Å². The SMILES string of the molecule is O=C(N/N=C/c1ccc(OCc2cccc3ccccc23)c(Br)c1)c1cccs1. The molecule has 0 aliphatic heterocycles. The van der Waals surface area contributed by atoms with Gasteiger partial charge in [-0.2, -0.15) is 5.10 Å². The molecule has 1 N–H and O–H groups in total. The number of amides is 1. The molecular weight excluding hydrogens is 448 g/mol. The molecule has 0 radical (unpaired) electrons. The summed E-state index contributed by atoms with van der Waals surface area (Å²) in [5.41, 5.74) is 4.51. The standard InChI is InChI=1S/C23H17BrN2O2S/c24-20-13-16(14-25-26-23(27)22-9-4-12-29-22)10-11-21(20)28-15-18-7-3-6-17-5-1-2-8-19(17)18/h1-14H,15H2,(H,26,27)/b25-14+. The summed E-state index contributed by atoms with van der Waals surface area (Å²) in [4.78, 5) is 12.5. The zero-order valence-corrected chi connectivity index (χ0v) is 17.7. The molecule has 0 aliphatic carbocycles. The van der Waals surface area contributed by atoms with E-state index in [-0.39, 0.29) is 5.91 Å². The van der Waals surface area contributed by atoms with Crippen molar-refractivity contribution in [1.82, 2.24) is 5.43 Å². The Labute approximate surface area is 181 Å². The van der Waals surface area contributed by atoms with Crippen molar-refractivity contribution < 1.29 is 9.53 Å². The molecule has 6 heteroatoms. The van der Waals surface area contributed by atoms with Crippen molar-refractivity contribution >= 4 is 50.2 Å². The van der Waals surface area contributed by atoms with Crippen LogP contribution in [0.3, 0.4) is 0 Å². The molecule has 1 amide bonds. The fourth-order valence-electron chi connectivity index (χ4n) is 2.92. The molecule has 0 atom stereocenters. The Kier molecular flexibility index (Phi) is 6.03. The number of carbonyl (C=O) groups is 1. The number of ether oxygens (including phenoxy) is 1. The second kappa shape index (κ2) is 9.03. The quantitative estimate of drug-likeness (QED) is 0.280. The van der Waals surface area contributed by atoms with Crippen molar-refractivity contribution in [3.8, 4) is 5.75 Å². The van der Waals surface area contributed by atoms with Crippen molar-refractivity contribution in [2.24, 2.45) is 5.10 Å². The highest BCUT2D eigenvalue weighted by Crippen LogP contribution is 2.27. The van der Waals surface area contributed by atoms with Crippen molar-refractivity contribution in [3.05, 3.63) is 98.7 Å². The Morgan fingerprint density at radius 3 is 2.76 bits per heavy atom. The Bertz CT molecular complexity index is 1170. The number of nitrogens with zero attached hydrogens (tertiary/aromatic N) is 1. The van der Waals surface area contributed by atoms with Gasteiger partial charge in [0.15, 0.2) is 0 Å². The number of hydrogen-bond acceptors (Lipinski definition) is 4. The number of benzene rings is 3. The molecule has 0 saturated heterocycles. The number of nitrogens with one attached hydrogen (secondary N) is 1. The van der Waals surface area contributed by atoms with Gasteiger partial charge in [0.25, 0.3) is 5.91 Å². The molecule has 3 aromatic carbocycles. The van der Waals surface area contributed by atoms with Crippen LogP contribution >= 0.6 is 27.3 Å². The van der Waals surface area contributed by atoms with Gasteiger partial charge in [-0.3, -0.25) is 4.79 Å². The summed E-state index contributed by atoms with van der Waals surface area (Å²) in [5, 5.41) is 8.26. The van der Waals surface area contributed by atoms with Gasteiger partial charge in [-0.1, -0.05) is 48.5 Å². The molecule has 144 valence electrons. The number of carbonyl (C=O) groups excluding carboxylic acids is 1. The molecule has 4 aromatic rings. The Balaban J connectivity index is 1.41. The number of halogens is 1. The lowest BCUT2D eigenvalue weighted by Gasteiger charge is -2.11. The normalized spacial score (nSPS) is 11.1. The van der Waals surface area contributed by atoms with Gasteiger partial charge in [0, 0.05) is 0 Å². The molecule has 0 spiro atoms. The second-order valence-corrected chi connectivity index (χ2v) is 8.10. The molecule has 0 bridgehead atoms. The summed E-state index contributed by atoms with van der Waals surface area (Å²) in [5.74, 6) is 0.531. The lowest BCUT2D eigenvalue weighted by atomic mass is 10.1. The van der Waals surface area contributed by atoms with Crippen LogP contribution in [0.4, 0.5) is 0 Å². The van der Waals surface area contributed by atoms with E-state index in [9.17, 15) is 4.79 Å². The monoisotopic (exact) mass is 464 g/mol. The first-order valence-corrected chi connectivity index (χ1v) is 10.6. The van der Waals surface area contributed by atoms with E-state index < -0.39 is 0 Å². The van der Waals surface area contributed by atoms with Gasteiger partial charge in [0.05, 0.1) is 15.6 Å². The highest BCUT2D eigenvalue weighted by Gasteiger charge is 2.06. The first kappa shape index (κ1) is 19.4. The minimum atomic E-state index is -0.217. The fourth-order valence-corrected chi connectivity index (χ4v) is 4.04. The lowest BCUT2D eigenvalue weighted by Crippen LogP contribution is -2.16. The maximum atomic E-state index is 11.9. The summed E-state index contributed by atoms with van der Waals surface area (Å²) in [7, 11) is 0. The summed E-state index contributed by atoms with van der Waals surface area (Å²) in [6, 6.07) is 23.8. The van der Waals surface area contributed by atoms with Crippen molar-refractivity contribution in [3.63, 3.8) is 0 Å². The molecule has 0 aliphatic rings. The van der Waals surface area contributed by atoms with Crippen LogP contribution in [0, 0.1) is 0 Å².